The van der Waals surface area contributed by atoms with Crippen LogP contribution in [0.5, 0.6) is 0 Å². The van der Waals surface area contributed by atoms with Gasteiger partial charge in [-0.25, -0.2) is 0 Å². The Kier molecular flexibility index (Phi) is 4.07. The van der Waals surface area contributed by atoms with Gasteiger partial charge >= 0.3 is 0 Å². The molecule has 0 radical (unpaired) electrons. The molecule has 0 aliphatic heterocycles. The van der Waals surface area contributed by atoms with Crippen LogP contribution in [0.3, 0.4) is 0 Å². The van der Waals surface area contributed by atoms with Gasteiger partial charge < -0.3 is 15.6 Å². The number of aryl methyl sites for hydroxylation is 1. The molecule has 1 heterocycles. The molecule has 0 saturated heterocycles. The van der Waals surface area contributed by atoms with Crippen molar-refractivity contribution in [2.75, 3.05) is 5.32 Å². The number of amides is 1. The molecule has 1 aromatic rings. The summed E-state index contributed by atoms with van der Waals surface area (Å²) in [6, 6.07) is 3.02. The van der Waals surface area contributed by atoms with Gasteiger partial charge in [-0.05, 0) is 26.3 Å². The van der Waals surface area contributed by atoms with E-state index in [1.54, 1.807) is 30.7 Å². The molecule has 0 bridgehead atoms. The first-order chi connectivity index (χ1) is 7.84. The van der Waals surface area contributed by atoms with Crippen molar-refractivity contribution in [2.24, 2.45) is 5.73 Å². The van der Waals surface area contributed by atoms with Crippen molar-refractivity contribution in [1.82, 2.24) is 4.57 Å². The van der Waals surface area contributed by atoms with Crippen molar-refractivity contribution < 1.29 is 4.79 Å². The minimum Gasteiger partial charge on any atom is -0.323 e. The molecule has 1 amide bonds. The van der Waals surface area contributed by atoms with Gasteiger partial charge in [0.05, 0.1) is 11.2 Å². The summed E-state index contributed by atoms with van der Waals surface area (Å²) in [7, 11) is 0. The number of hydrogen-bond acceptors (Lipinski definition) is 3. The zero-order valence-electron chi connectivity index (χ0n) is 10.5. The highest BCUT2D eigenvalue weighted by atomic mass is 16.2. The summed E-state index contributed by atoms with van der Waals surface area (Å²) in [4.78, 5) is 23.1. The van der Waals surface area contributed by atoms with Crippen molar-refractivity contribution in [3.63, 3.8) is 0 Å². The number of aromatic nitrogens is 1. The Morgan fingerprint density at radius 1 is 1.47 bits per heavy atom. The number of carbonyl (C=O) groups is 1. The lowest BCUT2D eigenvalue weighted by Crippen LogP contribution is -2.45. The van der Waals surface area contributed by atoms with Crippen LogP contribution in [0, 0.1) is 0 Å². The first-order valence-corrected chi connectivity index (χ1v) is 5.65. The maximum atomic E-state index is 11.7. The molecule has 0 aliphatic rings. The molecule has 1 rings (SSSR count). The molecule has 0 spiro atoms. The number of rotatable bonds is 4. The fraction of sp³-hybridized carbons (Fsp3) is 0.500. The van der Waals surface area contributed by atoms with E-state index in [4.69, 9.17) is 5.73 Å². The number of nitrogens with two attached hydrogens (primary N) is 1. The average molecular weight is 237 g/mol. The van der Waals surface area contributed by atoms with Gasteiger partial charge in [0.1, 0.15) is 0 Å². The van der Waals surface area contributed by atoms with Crippen molar-refractivity contribution in [3.05, 3.63) is 28.7 Å². The van der Waals surface area contributed by atoms with Crippen LogP contribution in [0.15, 0.2) is 23.1 Å². The second kappa shape index (κ2) is 5.14. The van der Waals surface area contributed by atoms with Crippen LogP contribution in [0.25, 0.3) is 0 Å². The molecular formula is C12H19N3O2. The summed E-state index contributed by atoms with van der Waals surface area (Å²) in [5.74, 6) is -0.279. The molecule has 17 heavy (non-hydrogen) atoms. The third-order valence-electron chi connectivity index (χ3n) is 2.29. The predicted molar refractivity (Wildman–Crippen MR) is 67.9 cm³/mol. The maximum Gasteiger partial charge on any atom is 0.250 e. The zero-order valence-corrected chi connectivity index (χ0v) is 10.5. The van der Waals surface area contributed by atoms with Crippen molar-refractivity contribution in [1.29, 1.82) is 0 Å². The Bertz CT molecular complexity index is 458. The van der Waals surface area contributed by atoms with E-state index in [-0.39, 0.29) is 11.5 Å². The maximum absolute atomic E-state index is 11.7. The lowest BCUT2D eigenvalue weighted by atomic mass is 10.1. The van der Waals surface area contributed by atoms with Crippen molar-refractivity contribution >= 4 is 11.6 Å². The molecular weight excluding hydrogens is 218 g/mol. The normalized spacial score (nSPS) is 11.3. The molecule has 1 aromatic heterocycles. The van der Waals surface area contributed by atoms with Crippen LogP contribution in [-0.4, -0.2) is 16.0 Å². The standard InChI is InChI=1S/C12H19N3O2/c1-4-7-15-8-9(5-6-10(15)16)14-11(17)12(2,3)13/h5-6,8H,4,7,13H2,1-3H3,(H,14,17). The number of anilines is 1. The fourth-order valence-corrected chi connectivity index (χ4v) is 1.31. The lowest BCUT2D eigenvalue weighted by Gasteiger charge is -2.18. The third-order valence-corrected chi connectivity index (χ3v) is 2.29. The second-order valence-corrected chi connectivity index (χ2v) is 4.63. The van der Waals surface area contributed by atoms with Gasteiger partial charge in [0.25, 0.3) is 5.56 Å². The molecule has 0 fully saturated rings. The highest BCUT2D eigenvalue weighted by Gasteiger charge is 2.21. The van der Waals surface area contributed by atoms with E-state index in [1.165, 1.54) is 6.07 Å². The minimum absolute atomic E-state index is 0.0724. The first-order valence-electron chi connectivity index (χ1n) is 5.65. The van der Waals surface area contributed by atoms with Crippen LogP contribution >= 0.6 is 0 Å². The molecule has 0 unspecified atom stereocenters. The van der Waals surface area contributed by atoms with E-state index < -0.39 is 5.54 Å². The first kappa shape index (κ1) is 13.4. The van der Waals surface area contributed by atoms with Gasteiger partial charge in [-0.1, -0.05) is 6.92 Å². The highest BCUT2D eigenvalue weighted by Crippen LogP contribution is 2.07. The second-order valence-electron chi connectivity index (χ2n) is 4.63. The molecule has 94 valence electrons. The number of nitrogens with zero attached hydrogens (tertiary/aromatic N) is 1. The number of hydrogen-bond donors (Lipinski definition) is 2. The van der Waals surface area contributed by atoms with Gasteiger partial charge in [0, 0.05) is 18.8 Å². The third kappa shape index (κ3) is 3.71. The van der Waals surface area contributed by atoms with Crippen molar-refractivity contribution in [2.45, 2.75) is 39.3 Å². The Morgan fingerprint density at radius 3 is 2.65 bits per heavy atom. The van der Waals surface area contributed by atoms with Crippen LogP contribution in [0.1, 0.15) is 27.2 Å². The van der Waals surface area contributed by atoms with E-state index in [0.29, 0.717) is 12.2 Å². The van der Waals surface area contributed by atoms with Gasteiger partial charge in [-0.2, -0.15) is 0 Å². The number of pyridine rings is 1. The monoisotopic (exact) mass is 237 g/mol. The van der Waals surface area contributed by atoms with Crippen LogP contribution in [-0.2, 0) is 11.3 Å². The van der Waals surface area contributed by atoms with E-state index >= 15 is 0 Å². The molecule has 0 aromatic carbocycles. The van der Waals surface area contributed by atoms with Crippen LogP contribution in [0.4, 0.5) is 5.69 Å². The van der Waals surface area contributed by atoms with Gasteiger partial charge in [-0.15, -0.1) is 0 Å². The smallest absolute Gasteiger partial charge is 0.250 e. The SMILES string of the molecule is CCCn1cc(NC(=O)C(C)(C)N)ccc1=O. The molecule has 5 nitrogen and oxygen atoms in total. The Morgan fingerprint density at radius 2 is 2.12 bits per heavy atom. The van der Waals surface area contributed by atoms with E-state index in [0.717, 1.165) is 6.42 Å². The molecule has 5 heteroatoms. The summed E-state index contributed by atoms with van der Waals surface area (Å²) < 4.78 is 1.57. The molecule has 0 aliphatic carbocycles. The number of nitrogens with one attached hydrogen (secondary N) is 1. The van der Waals surface area contributed by atoms with Gasteiger partial charge in [-0.3, -0.25) is 9.59 Å². The van der Waals surface area contributed by atoms with E-state index in [2.05, 4.69) is 5.32 Å². The topological polar surface area (TPSA) is 77.1 Å². The minimum atomic E-state index is -0.939. The molecule has 0 saturated carbocycles. The lowest BCUT2D eigenvalue weighted by molar-refractivity contribution is -0.120. The Hall–Kier alpha value is -1.62. The average Bonchev–Trinajstić information content (AvgIpc) is 2.22. The van der Waals surface area contributed by atoms with Crippen LogP contribution in [0.2, 0.25) is 0 Å². The van der Waals surface area contributed by atoms with Gasteiger partial charge in [0.15, 0.2) is 0 Å². The summed E-state index contributed by atoms with van der Waals surface area (Å²) in [5, 5.41) is 2.68. The summed E-state index contributed by atoms with van der Waals surface area (Å²) in [6.45, 7) is 5.88. The van der Waals surface area contributed by atoms with Crippen molar-refractivity contribution in [3.8, 4) is 0 Å². The summed E-state index contributed by atoms with van der Waals surface area (Å²) >= 11 is 0. The number of carbonyl (C=O) groups excluding carboxylic acids is 1. The molecule has 0 atom stereocenters. The van der Waals surface area contributed by atoms with Gasteiger partial charge in [0.2, 0.25) is 5.91 Å². The van der Waals surface area contributed by atoms with Crippen LogP contribution < -0.4 is 16.6 Å². The summed E-state index contributed by atoms with van der Waals surface area (Å²) in [6.07, 6.45) is 2.50. The Labute approximate surface area is 101 Å². The highest BCUT2D eigenvalue weighted by molar-refractivity contribution is 5.97. The fourth-order valence-electron chi connectivity index (χ4n) is 1.31. The largest absolute Gasteiger partial charge is 0.323 e. The van der Waals surface area contributed by atoms with E-state index in [9.17, 15) is 9.59 Å². The quantitative estimate of drug-likeness (QED) is 0.818. The molecule has 3 N–H and O–H groups in total. The van der Waals surface area contributed by atoms with E-state index in [1.807, 2.05) is 6.92 Å². The zero-order chi connectivity index (χ0) is 13.1. The Balaban J connectivity index is 2.90. The summed E-state index contributed by atoms with van der Waals surface area (Å²) in [5.41, 5.74) is 5.25. The predicted octanol–water partition coefficient (Wildman–Crippen LogP) is 0.934.